The minimum Gasteiger partial charge on any atom is -0.497 e. The second-order valence-electron chi connectivity index (χ2n) is 11.6. The van der Waals surface area contributed by atoms with Crippen LogP contribution in [0.1, 0.15) is 50.8 Å². The van der Waals surface area contributed by atoms with Crippen molar-refractivity contribution in [3.8, 4) is 5.75 Å². The third-order valence-electron chi connectivity index (χ3n) is 6.92. The molecule has 236 valence electrons. The highest BCUT2D eigenvalue weighted by Crippen LogP contribution is 2.29. The number of carbonyl (C=O) groups excluding carboxylic acids is 2. The van der Waals surface area contributed by atoms with Gasteiger partial charge in [0.15, 0.2) is 0 Å². The lowest BCUT2D eigenvalue weighted by Gasteiger charge is -2.34. The lowest BCUT2D eigenvalue weighted by Crippen LogP contribution is -2.55. The van der Waals surface area contributed by atoms with E-state index in [9.17, 15) is 28.1 Å². The maximum atomic E-state index is 14.2. The zero-order valence-corrected chi connectivity index (χ0v) is 27.0. The summed E-state index contributed by atoms with van der Waals surface area (Å²) < 4.78 is 34.4. The summed E-state index contributed by atoms with van der Waals surface area (Å²) in [5.74, 6) is -0.521. The summed E-state index contributed by atoms with van der Waals surface area (Å²) in [4.78, 5) is 39.7. The minimum absolute atomic E-state index is 0.0586. The van der Waals surface area contributed by atoms with Gasteiger partial charge in [0.25, 0.3) is 15.7 Å². The topological polar surface area (TPSA) is 139 Å². The van der Waals surface area contributed by atoms with Gasteiger partial charge in [0.1, 0.15) is 18.3 Å². The summed E-state index contributed by atoms with van der Waals surface area (Å²) in [5.41, 5.74) is 1.24. The number of hydrogen-bond acceptors (Lipinski definition) is 7. The van der Waals surface area contributed by atoms with E-state index in [-0.39, 0.29) is 35.1 Å². The van der Waals surface area contributed by atoms with Crippen LogP contribution in [-0.2, 0) is 26.2 Å². The molecule has 1 N–H and O–H groups in total. The molecule has 0 aliphatic carbocycles. The van der Waals surface area contributed by atoms with Crippen molar-refractivity contribution in [2.75, 3.05) is 18.0 Å². The molecule has 0 aliphatic rings. The van der Waals surface area contributed by atoms with Crippen LogP contribution in [0.25, 0.3) is 0 Å². The van der Waals surface area contributed by atoms with Gasteiger partial charge in [-0.3, -0.25) is 24.0 Å². The number of ether oxygens (including phenoxy) is 1. The molecule has 0 spiro atoms. The van der Waals surface area contributed by atoms with Crippen LogP contribution >= 0.6 is 0 Å². The van der Waals surface area contributed by atoms with E-state index < -0.39 is 39.0 Å². The molecule has 0 heterocycles. The van der Waals surface area contributed by atoms with Crippen molar-refractivity contribution in [1.82, 2.24) is 10.2 Å². The third kappa shape index (κ3) is 8.34. The molecule has 3 aromatic rings. The smallest absolute Gasteiger partial charge is 0.273 e. The van der Waals surface area contributed by atoms with Gasteiger partial charge >= 0.3 is 0 Å². The van der Waals surface area contributed by atoms with Gasteiger partial charge in [0.2, 0.25) is 11.8 Å². The van der Waals surface area contributed by atoms with Crippen LogP contribution in [-0.4, -0.2) is 55.3 Å². The van der Waals surface area contributed by atoms with Crippen molar-refractivity contribution >= 4 is 33.2 Å². The van der Waals surface area contributed by atoms with E-state index >= 15 is 0 Å². The van der Waals surface area contributed by atoms with Crippen molar-refractivity contribution in [3.63, 3.8) is 0 Å². The Morgan fingerprint density at radius 1 is 1.02 bits per heavy atom. The van der Waals surface area contributed by atoms with Gasteiger partial charge in [0.05, 0.1) is 22.6 Å². The van der Waals surface area contributed by atoms with Crippen molar-refractivity contribution in [2.24, 2.45) is 0 Å². The predicted molar refractivity (Wildman–Crippen MR) is 169 cm³/mol. The highest BCUT2D eigenvalue weighted by molar-refractivity contribution is 7.92. The van der Waals surface area contributed by atoms with E-state index in [2.05, 4.69) is 5.32 Å². The number of nitro benzene ring substituents is 1. The number of hydrogen-bond donors (Lipinski definition) is 1. The number of carbonyl (C=O) groups is 2. The van der Waals surface area contributed by atoms with E-state index in [1.165, 1.54) is 43.2 Å². The average molecular weight is 625 g/mol. The Morgan fingerprint density at radius 2 is 1.68 bits per heavy atom. The van der Waals surface area contributed by atoms with Crippen LogP contribution in [0.5, 0.6) is 5.75 Å². The fourth-order valence-corrected chi connectivity index (χ4v) is 6.17. The Kier molecular flexibility index (Phi) is 10.7. The van der Waals surface area contributed by atoms with Gasteiger partial charge in [0, 0.05) is 23.7 Å². The Labute approximate surface area is 259 Å². The monoisotopic (exact) mass is 624 g/mol. The third-order valence-corrected chi connectivity index (χ3v) is 8.69. The van der Waals surface area contributed by atoms with Crippen LogP contribution in [0.2, 0.25) is 0 Å². The molecule has 0 saturated heterocycles. The van der Waals surface area contributed by atoms with Crippen LogP contribution in [0.4, 0.5) is 11.4 Å². The zero-order valence-electron chi connectivity index (χ0n) is 26.2. The molecule has 0 aromatic heterocycles. The number of nitro groups is 1. The van der Waals surface area contributed by atoms with Crippen LogP contribution < -0.4 is 14.4 Å². The molecule has 0 aliphatic heterocycles. The Bertz CT molecular complexity index is 1620. The molecule has 0 unspecified atom stereocenters. The molecule has 0 fully saturated rings. The number of sulfonamides is 1. The van der Waals surface area contributed by atoms with E-state index in [1.54, 1.807) is 19.1 Å². The first kappa shape index (κ1) is 34.0. The van der Waals surface area contributed by atoms with E-state index in [0.717, 1.165) is 21.5 Å². The van der Waals surface area contributed by atoms with Crippen molar-refractivity contribution in [3.05, 3.63) is 93.5 Å². The number of nitrogens with one attached hydrogen (secondary N) is 1. The molecule has 0 radical (unpaired) electrons. The highest BCUT2D eigenvalue weighted by atomic mass is 32.2. The van der Waals surface area contributed by atoms with E-state index in [4.69, 9.17) is 4.74 Å². The summed E-state index contributed by atoms with van der Waals surface area (Å²) in [7, 11) is -3.03. The van der Waals surface area contributed by atoms with Crippen molar-refractivity contribution < 1.29 is 27.7 Å². The first-order valence-corrected chi connectivity index (χ1v) is 15.6. The number of amides is 2. The number of nitrogens with zero attached hydrogens (tertiary/aromatic N) is 3. The number of methoxy groups -OCH3 is 1. The molecule has 0 bridgehead atoms. The Morgan fingerprint density at radius 3 is 2.23 bits per heavy atom. The first-order chi connectivity index (χ1) is 20.6. The first-order valence-electron chi connectivity index (χ1n) is 14.2. The quantitative estimate of drug-likeness (QED) is 0.218. The van der Waals surface area contributed by atoms with Crippen molar-refractivity contribution in [1.29, 1.82) is 0 Å². The normalized spacial score (nSPS) is 12.2. The standard InChI is InChI=1S/C32H40N4O7S/c1-8-28(31(38)33-32(4,5)6)34(20-24-11-9-10-22(2)18-24)30(37)21-35(25-13-15-26(43-7)16-14-25)44(41,42)27-17-12-23(3)29(19-27)36(39)40/h9-19,28H,8,20-21H2,1-7H3,(H,33,38)/t28-/m0/s1. The number of aryl methyl sites for hydroxylation is 2. The minimum atomic E-state index is -4.50. The Hall–Kier alpha value is -4.45. The van der Waals surface area contributed by atoms with Gasteiger partial charge in [-0.2, -0.15) is 0 Å². The summed E-state index contributed by atoms with van der Waals surface area (Å²) in [6.07, 6.45) is 0.277. The van der Waals surface area contributed by atoms with Gasteiger partial charge in [-0.15, -0.1) is 0 Å². The molecule has 1 atom stereocenters. The molecule has 44 heavy (non-hydrogen) atoms. The van der Waals surface area contributed by atoms with Crippen LogP contribution in [0.3, 0.4) is 0 Å². The molecular formula is C32H40N4O7S. The molecule has 0 saturated carbocycles. The summed E-state index contributed by atoms with van der Waals surface area (Å²) >= 11 is 0. The maximum Gasteiger partial charge on any atom is 0.273 e. The molecule has 3 rings (SSSR count). The van der Waals surface area contributed by atoms with Gasteiger partial charge in [-0.1, -0.05) is 42.8 Å². The summed E-state index contributed by atoms with van der Waals surface area (Å²) in [6.45, 7) is 10.1. The van der Waals surface area contributed by atoms with Crippen LogP contribution in [0, 0.1) is 24.0 Å². The van der Waals surface area contributed by atoms with Gasteiger partial charge in [-0.25, -0.2) is 8.42 Å². The average Bonchev–Trinajstić information content (AvgIpc) is 2.94. The highest BCUT2D eigenvalue weighted by Gasteiger charge is 2.35. The van der Waals surface area contributed by atoms with Crippen molar-refractivity contribution in [2.45, 2.75) is 71.0 Å². The fraction of sp³-hybridized carbons (Fsp3) is 0.375. The molecule has 2 amide bonds. The predicted octanol–water partition coefficient (Wildman–Crippen LogP) is 5.14. The fourth-order valence-electron chi connectivity index (χ4n) is 4.73. The molecule has 12 heteroatoms. The Balaban J connectivity index is 2.14. The second kappa shape index (κ2) is 13.9. The van der Waals surface area contributed by atoms with E-state index in [0.29, 0.717) is 11.3 Å². The molecule has 3 aromatic carbocycles. The molecule has 11 nitrogen and oxygen atoms in total. The second-order valence-corrected chi connectivity index (χ2v) is 13.5. The van der Waals surface area contributed by atoms with E-state index in [1.807, 2.05) is 52.0 Å². The van der Waals surface area contributed by atoms with Crippen LogP contribution in [0.15, 0.2) is 71.6 Å². The number of rotatable bonds is 12. The SMILES string of the molecule is CC[C@@H](C(=O)NC(C)(C)C)N(Cc1cccc(C)c1)C(=O)CN(c1ccc(OC)cc1)S(=O)(=O)c1ccc(C)c([N+](=O)[O-])c1. The number of anilines is 1. The lowest BCUT2D eigenvalue weighted by molar-refractivity contribution is -0.385. The summed E-state index contributed by atoms with van der Waals surface area (Å²) in [6, 6.07) is 16.3. The zero-order chi connectivity index (χ0) is 32.8. The van der Waals surface area contributed by atoms with Gasteiger partial charge in [-0.05, 0) is 76.9 Å². The summed E-state index contributed by atoms with van der Waals surface area (Å²) in [5, 5.41) is 14.6. The lowest BCUT2D eigenvalue weighted by atomic mass is 10.0. The van der Waals surface area contributed by atoms with Gasteiger partial charge < -0.3 is 15.0 Å². The molecular weight excluding hydrogens is 584 g/mol. The largest absolute Gasteiger partial charge is 0.497 e. The number of benzene rings is 3. The maximum absolute atomic E-state index is 14.2.